The number of methoxy groups -OCH3 is 2. The summed E-state index contributed by atoms with van der Waals surface area (Å²) in [7, 11) is 3.30. The number of oxazole rings is 1. The molecule has 0 amide bonds. The van der Waals surface area contributed by atoms with Crippen molar-refractivity contribution in [2.24, 2.45) is 0 Å². The van der Waals surface area contributed by atoms with Crippen LogP contribution in [0.2, 0.25) is 0 Å². The van der Waals surface area contributed by atoms with E-state index < -0.39 is 0 Å². The van der Waals surface area contributed by atoms with E-state index in [4.69, 9.17) is 13.9 Å². The van der Waals surface area contributed by atoms with Gasteiger partial charge in [-0.05, 0) is 36.4 Å². The molecular weight excluding hydrogens is 448 g/mol. The van der Waals surface area contributed by atoms with Gasteiger partial charge in [0.2, 0.25) is 5.89 Å². The SMILES string of the molecule is COc1ccc(-n2c(SCc3ncc(-c4ccccc4)o3)nnc2-c2cccc(OC)c2)cc1. The van der Waals surface area contributed by atoms with Crippen molar-refractivity contribution in [2.75, 3.05) is 14.2 Å². The molecule has 5 rings (SSSR count). The van der Waals surface area contributed by atoms with Crippen molar-refractivity contribution >= 4 is 11.8 Å². The molecule has 0 unspecified atom stereocenters. The number of benzene rings is 3. The zero-order valence-electron chi connectivity index (χ0n) is 18.7. The van der Waals surface area contributed by atoms with Gasteiger partial charge in [-0.1, -0.05) is 54.2 Å². The third-order valence-electron chi connectivity index (χ3n) is 5.23. The summed E-state index contributed by atoms with van der Waals surface area (Å²) in [6.07, 6.45) is 1.75. The lowest BCUT2D eigenvalue weighted by molar-refractivity contribution is 0.414. The number of hydrogen-bond acceptors (Lipinski definition) is 7. The second-order valence-corrected chi connectivity index (χ2v) is 8.29. The van der Waals surface area contributed by atoms with Gasteiger partial charge in [0.05, 0.1) is 26.2 Å². The number of ether oxygens (including phenoxy) is 2. The van der Waals surface area contributed by atoms with Crippen molar-refractivity contribution in [1.82, 2.24) is 19.7 Å². The molecule has 7 nitrogen and oxygen atoms in total. The quantitative estimate of drug-likeness (QED) is 0.261. The summed E-state index contributed by atoms with van der Waals surface area (Å²) < 4.78 is 18.7. The van der Waals surface area contributed by atoms with E-state index in [0.717, 1.165) is 39.2 Å². The Hall–Kier alpha value is -4.04. The molecule has 5 aromatic rings. The lowest BCUT2D eigenvalue weighted by Gasteiger charge is -2.11. The molecule has 0 atom stereocenters. The fourth-order valence-electron chi connectivity index (χ4n) is 3.52. The second kappa shape index (κ2) is 9.84. The smallest absolute Gasteiger partial charge is 0.205 e. The Labute approximate surface area is 201 Å². The molecular formula is C26H22N4O3S. The third-order valence-corrected chi connectivity index (χ3v) is 6.14. The number of thioether (sulfide) groups is 1. The molecule has 2 aromatic heterocycles. The molecule has 0 bridgehead atoms. The monoisotopic (exact) mass is 470 g/mol. The third kappa shape index (κ3) is 4.53. The van der Waals surface area contributed by atoms with E-state index in [1.165, 1.54) is 11.8 Å². The summed E-state index contributed by atoms with van der Waals surface area (Å²) in [5.74, 6) is 4.12. The highest BCUT2D eigenvalue weighted by Gasteiger charge is 2.18. The first kappa shape index (κ1) is 21.8. The fourth-order valence-corrected chi connectivity index (χ4v) is 4.32. The molecule has 0 fully saturated rings. The van der Waals surface area contributed by atoms with E-state index in [1.807, 2.05) is 83.4 Å². The van der Waals surface area contributed by atoms with Gasteiger partial charge in [-0.15, -0.1) is 10.2 Å². The lowest BCUT2D eigenvalue weighted by Crippen LogP contribution is -2.00. The standard InChI is InChI=1S/C26H22N4O3S/c1-31-21-13-11-20(12-14-21)30-25(19-9-6-10-22(15-19)32-2)28-29-26(30)34-17-24-27-16-23(33-24)18-7-4-3-5-8-18/h3-16H,17H2,1-2H3. The predicted molar refractivity (Wildman–Crippen MR) is 131 cm³/mol. The molecule has 0 spiro atoms. The number of nitrogens with zero attached hydrogens (tertiary/aromatic N) is 4. The summed E-state index contributed by atoms with van der Waals surface area (Å²) in [6.45, 7) is 0. The summed E-state index contributed by atoms with van der Waals surface area (Å²) in [6, 6.07) is 25.5. The maximum atomic E-state index is 5.97. The fraction of sp³-hybridized carbons (Fsp3) is 0.115. The van der Waals surface area contributed by atoms with Crippen LogP contribution in [0.5, 0.6) is 11.5 Å². The number of rotatable bonds is 8. The maximum Gasteiger partial charge on any atom is 0.205 e. The number of aromatic nitrogens is 4. The van der Waals surface area contributed by atoms with Crippen LogP contribution in [0.1, 0.15) is 5.89 Å². The molecule has 8 heteroatoms. The van der Waals surface area contributed by atoms with Crippen LogP contribution in [0.3, 0.4) is 0 Å². The van der Waals surface area contributed by atoms with Gasteiger partial charge in [0.1, 0.15) is 11.5 Å². The average Bonchev–Trinajstić information content (AvgIpc) is 3.55. The molecule has 0 N–H and O–H groups in total. The van der Waals surface area contributed by atoms with Gasteiger partial charge >= 0.3 is 0 Å². The minimum Gasteiger partial charge on any atom is -0.497 e. The van der Waals surface area contributed by atoms with Crippen LogP contribution >= 0.6 is 11.8 Å². The first-order chi connectivity index (χ1) is 16.7. The van der Waals surface area contributed by atoms with Crippen LogP contribution in [0.15, 0.2) is 94.6 Å². The predicted octanol–water partition coefficient (Wildman–Crippen LogP) is 5.90. The van der Waals surface area contributed by atoms with Crippen molar-refractivity contribution in [1.29, 1.82) is 0 Å². The minimum atomic E-state index is 0.513. The Balaban J connectivity index is 1.47. The normalized spacial score (nSPS) is 10.9. The van der Waals surface area contributed by atoms with Crippen molar-refractivity contribution in [3.8, 4) is 39.9 Å². The van der Waals surface area contributed by atoms with Gasteiger partial charge in [-0.2, -0.15) is 0 Å². The molecule has 0 saturated carbocycles. The Bertz CT molecular complexity index is 1380. The zero-order chi connectivity index (χ0) is 23.3. The Morgan fingerprint density at radius 3 is 2.35 bits per heavy atom. The molecule has 0 aliphatic rings. The Kier molecular flexibility index (Phi) is 6.31. The molecule has 0 saturated heterocycles. The topological polar surface area (TPSA) is 75.2 Å². The summed E-state index contributed by atoms with van der Waals surface area (Å²) in [4.78, 5) is 4.44. The Morgan fingerprint density at radius 2 is 1.59 bits per heavy atom. The lowest BCUT2D eigenvalue weighted by atomic mass is 10.2. The second-order valence-electron chi connectivity index (χ2n) is 7.34. The van der Waals surface area contributed by atoms with Crippen LogP contribution < -0.4 is 9.47 Å². The van der Waals surface area contributed by atoms with Crippen LogP contribution in [-0.2, 0) is 5.75 Å². The molecule has 0 radical (unpaired) electrons. The summed E-state index contributed by atoms with van der Waals surface area (Å²) in [5, 5.41) is 9.71. The van der Waals surface area contributed by atoms with Crippen molar-refractivity contribution in [2.45, 2.75) is 10.9 Å². The molecule has 3 aromatic carbocycles. The summed E-state index contributed by atoms with van der Waals surface area (Å²) in [5.41, 5.74) is 2.81. The highest BCUT2D eigenvalue weighted by Crippen LogP contribution is 2.32. The first-order valence-electron chi connectivity index (χ1n) is 10.6. The highest BCUT2D eigenvalue weighted by molar-refractivity contribution is 7.98. The van der Waals surface area contributed by atoms with Gasteiger partial charge in [0, 0.05) is 16.8 Å². The molecule has 2 heterocycles. The van der Waals surface area contributed by atoms with Crippen LogP contribution in [0.4, 0.5) is 0 Å². The number of hydrogen-bond donors (Lipinski definition) is 0. The van der Waals surface area contributed by atoms with E-state index >= 15 is 0 Å². The zero-order valence-corrected chi connectivity index (χ0v) is 19.5. The van der Waals surface area contributed by atoms with Gasteiger partial charge in [-0.3, -0.25) is 4.57 Å². The highest BCUT2D eigenvalue weighted by atomic mass is 32.2. The molecule has 0 aliphatic carbocycles. The maximum absolute atomic E-state index is 5.97. The molecule has 34 heavy (non-hydrogen) atoms. The summed E-state index contributed by atoms with van der Waals surface area (Å²) >= 11 is 1.51. The van der Waals surface area contributed by atoms with Gasteiger partial charge < -0.3 is 13.9 Å². The van der Waals surface area contributed by atoms with E-state index in [0.29, 0.717) is 17.5 Å². The van der Waals surface area contributed by atoms with E-state index in [1.54, 1.807) is 20.4 Å². The Morgan fingerprint density at radius 1 is 0.824 bits per heavy atom. The van der Waals surface area contributed by atoms with Crippen LogP contribution in [-0.4, -0.2) is 34.0 Å². The molecule has 0 aliphatic heterocycles. The van der Waals surface area contributed by atoms with Crippen LogP contribution in [0, 0.1) is 0 Å². The van der Waals surface area contributed by atoms with Gasteiger partial charge in [0.15, 0.2) is 16.7 Å². The average molecular weight is 471 g/mol. The minimum absolute atomic E-state index is 0.513. The first-order valence-corrected chi connectivity index (χ1v) is 11.6. The largest absolute Gasteiger partial charge is 0.497 e. The van der Waals surface area contributed by atoms with Gasteiger partial charge in [0.25, 0.3) is 0 Å². The van der Waals surface area contributed by atoms with Crippen molar-refractivity contribution in [3.63, 3.8) is 0 Å². The van der Waals surface area contributed by atoms with E-state index in [9.17, 15) is 0 Å². The van der Waals surface area contributed by atoms with E-state index in [2.05, 4.69) is 15.2 Å². The van der Waals surface area contributed by atoms with Gasteiger partial charge in [-0.25, -0.2) is 4.98 Å². The van der Waals surface area contributed by atoms with Crippen molar-refractivity contribution < 1.29 is 13.9 Å². The van der Waals surface area contributed by atoms with Crippen LogP contribution in [0.25, 0.3) is 28.4 Å². The van der Waals surface area contributed by atoms with E-state index in [-0.39, 0.29) is 0 Å². The molecule has 170 valence electrons. The van der Waals surface area contributed by atoms with Crippen molar-refractivity contribution in [3.05, 3.63) is 91.0 Å².